The molecular formula is C10H18O2. The Balaban J connectivity index is 2.48. The molecule has 0 bridgehead atoms. The average molecular weight is 170 g/mol. The summed E-state index contributed by atoms with van der Waals surface area (Å²) in [5.74, 6) is 0.945. The number of hydrogen-bond acceptors (Lipinski definition) is 1. The van der Waals surface area contributed by atoms with Crippen LogP contribution in [0.4, 0.5) is 0 Å². The van der Waals surface area contributed by atoms with E-state index in [1.807, 2.05) is 0 Å². The Hall–Kier alpha value is -0.530. The maximum Gasteiger partial charge on any atom is 0.306 e. The van der Waals surface area contributed by atoms with Crippen molar-refractivity contribution in [2.24, 2.45) is 23.7 Å². The van der Waals surface area contributed by atoms with Crippen LogP contribution in [0.2, 0.25) is 0 Å². The van der Waals surface area contributed by atoms with Crippen LogP contribution in [0.1, 0.15) is 33.6 Å². The van der Waals surface area contributed by atoms with Gasteiger partial charge >= 0.3 is 5.97 Å². The summed E-state index contributed by atoms with van der Waals surface area (Å²) in [7, 11) is 0. The van der Waals surface area contributed by atoms with Gasteiger partial charge in [0, 0.05) is 0 Å². The second kappa shape index (κ2) is 3.46. The summed E-state index contributed by atoms with van der Waals surface area (Å²) in [4.78, 5) is 10.7. The van der Waals surface area contributed by atoms with E-state index in [1.54, 1.807) is 0 Å². The summed E-state index contributed by atoms with van der Waals surface area (Å²) in [6.07, 6.45) is 1.99. The standard InChI is InChI=1S/C10H18O2/c1-6(2)7(3)8-4-5-9(8)10(11)12/h6-9H,4-5H2,1-3H3,(H,11,12). The summed E-state index contributed by atoms with van der Waals surface area (Å²) in [6.45, 7) is 6.51. The predicted molar refractivity (Wildman–Crippen MR) is 47.9 cm³/mol. The highest BCUT2D eigenvalue weighted by molar-refractivity contribution is 5.71. The maximum atomic E-state index is 10.7. The molecule has 1 fully saturated rings. The van der Waals surface area contributed by atoms with Gasteiger partial charge < -0.3 is 5.11 Å². The molecule has 0 spiro atoms. The van der Waals surface area contributed by atoms with E-state index < -0.39 is 5.97 Å². The minimum Gasteiger partial charge on any atom is -0.481 e. The summed E-state index contributed by atoms with van der Waals surface area (Å²) in [5, 5.41) is 8.83. The van der Waals surface area contributed by atoms with Gasteiger partial charge in [0.1, 0.15) is 0 Å². The monoisotopic (exact) mass is 170 g/mol. The van der Waals surface area contributed by atoms with E-state index in [1.165, 1.54) is 0 Å². The lowest BCUT2D eigenvalue weighted by molar-refractivity contribution is -0.149. The van der Waals surface area contributed by atoms with Crippen LogP contribution in [0.3, 0.4) is 0 Å². The zero-order valence-corrected chi connectivity index (χ0v) is 8.08. The smallest absolute Gasteiger partial charge is 0.306 e. The molecule has 0 heterocycles. The van der Waals surface area contributed by atoms with Gasteiger partial charge in [0.25, 0.3) is 0 Å². The van der Waals surface area contributed by atoms with Crippen molar-refractivity contribution in [3.63, 3.8) is 0 Å². The van der Waals surface area contributed by atoms with E-state index in [9.17, 15) is 4.79 Å². The molecule has 0 radical (unpaired) electrons. The van der Waals surface area contributed by atoms with E-state index in [-0.39, 0.29) is 5.92 Å². The highest BCUT2D eigenvalue weighted by Gasteiger charge is 2.40. The first-order valence-corrected chi connectivity index (χ1v) is 4.76. The summed E-state index contributed by atoms with van der Waals surface area (Å²) in [5.41, 5.74) is 0. The first kappa shape index (κ1) is 9.56. The molecule has 2 nitrogen and oxygen atoms in total. The van der Waals surface area contributed by atoms with Crippen LogP contribution in [0.15, 0.2) is 0 Å². The minimum absolute atomic E-state index is 0.0533. The molecule has 3 unspecified atom stereocenters. The van der Waals surface area contributed by atoms with Crippen molar-refractivity contribution < 1.29 is 9.90 Å². The van der Waals surface area contributed by atoms with Crippen molar-refractivity contribution in [1.29, 1.82) is 0 Å². The number of hydrogen-bond donors (Lipinski definition) is 1. The van der Waals surface area contributed by atoms with Crippen molar-refractivity contribution in [1.82, 2.24) is 0 Å². The number of carboxylic acids is 1. The van der Waals surface area contributed by atoms with E-state index in [0.717, 1.165) is 12.8 Å². The molecule has 70 valence electrons. The van der Waals surface area contributed by atoms with Crippen molar-refractivity contribution in [2.75, 3.05) is 0 Å². The molecule has 1 saturated carbocycles. The molecule has 1 aliphatic rings. The zero-order chi connectivity index (χ0) is 9.30. The van der Waals surface area contributed by atoms with Crippen LogP contribution < -0.4 is 0 Å². The molecular weight excluding hydrogens is 152 g/mol. The van der Waals surface area contributed by atoms with Gasteiger partial charge in [0.05, 0.1) is 5.92 Å². The molecule has 12 heavy (non-hydrogen) atoms. The fraction of sp³-hybridized carbons (Fsp3) is 0.900. The van der Waals surface area contributed by atoms with Gasteiger partial charge in [0.2, 0.25) is 0 Å². The third kappa shape index (κ3) is 1.62. The number of rotatable bonds is 3. The van der Waals surface area contributed by atoms with E-state index >= 15 is 0 Å². The molecule has 0 saturated heterocycles. The molecule has 2 heteroatoms. The van der Waals surface area contributed by atoms with Crippen LogP contribution in [-0.4, -0.2) is 11.1 Å². The lowest BCUT2D eigenvalue weighted by Crippen LogP contribution is -2.38. The highest BCUT2D eigenvalue weighted by atomic mass is 16.4. The fourth-order valence-corrected chi connectivity index (χ4v) is 1.96. The zero-order valence-electron chi connectivity index (χ0n) is 8.08. The fourth-order valence-electron chi connectivity index (χ4n) is 1.96. The minimum atomic E-state index is -0.598. The third-order valence-corrected chi connectivity index (χ3v) is 3.37. The van der Waals surface area contributed by atoms with Gasteiger partial charge in [-0.3, -0.25) is 4.79 Å². The Labute approximate surface area is 74.0 Å². The first-order chi connectivity index (χ1) is 5.54. The second-order valence-electron chi connectivity index (χ2n) is 4.29. The predicted octanol–water partition coefficient (Wildman–Crippen LogP) is 2.39. The van der Waals surface area contributed by atoms with Gasteiger partial charge in [-0.2, -0.15) is 0 Å². The van der Waals surface area contributed by atoms with Gasteiger partial charge in [-0.25, -0.2) is 0 Å². The van der Waals surface area contributed by atoms with Crippen LogP contribution in [-0.2, 0) is 4.79 Å². The van der Waals surface area contributed by atoms with E-state index in [0.29, 0.717) is 17.8 Å². The van der Waals surface area contributed by atoms with Crippen molar-refractivity contribution in [2.45, 2.75) is 33.6 Å². The van der Waals surface area contributed by atoms with Crippen LogP contribution in [0, 0.1) is 23.7 Å². The normalized spacial score (nSPS) is 31.3. The topological polar surface area (TPSA) is 37.3 Å². The molecule has 1 N–H and O–H groups in total. The maximum absolute atomic E-state index is 10.7. The summed E-state index contributed by atoms with van der Waals surface area (Å²) in [6, 6.07) is 0. The van der Waals surface area contributed by atoms with Gasteiger partial charge in [-0.1, -0.05) is 20.8 Å². The quantitative estimate of drug-likeness (QED) is 0.706. The Morgan fingerprint density at radius 3 is 2.17 bits per heavy atom. The first-order valence-electron chi connectivity index (χ1n) is 4.76. The molecule has 0 aliphatic heterocycles. The average Bonchev–Trinajstić information content (AvgIpc) is 1.82. The number of carboxylic acid groups (broad SMARTS) is 1. The Morgan fingerprint density at radius 1 is 1.33 bits per heavy atom. The molecule has 1 aliphatic carbocycles. The lowest BCUT2D eigenvalue weighted by atomic mass is 9.65. The SMILES string of the molecule is CC(C)C(C)C1CCC1C(=O)O. The van der Waals surface area contributed by atoms with Crippen molar-refractivity contribution >= 4 is 5.97 Å². The summed E-state index contributed by atoms with van der Waals surface area (Å²) >= 11 is 0. The van der Waals surface area contributed by atoms with E-state index in [2.05, 4.69) is 20.8 Å². The number of carbonyl (C=O) groups is 1. The van der Waals surface area contributed by atoms with Crippen molar-refractivity contribution in [3.05, 3.63) is 0 Å². The molecule has 0 aromatic carbocycles. The Morgan fingerprint density at radius 2 is 1.92 bits per heavy atom. The largest absolute Gasteiger partial charge is 0.481 e. The Kier molecular flexibility index (Phi) is 2.76. The van der Waals surface area contributed by atoms with Crippen LogP contribution in [0.5, 0.6) is 0 Å². The number of aliphatic carboxylic acids is 1. The third-order valence-electron chi connectivity index (χ3n) is 3.37. The van der Waals surface area contributed by atoms with Gasteiger partial charge in [-0.15, -0.1) is 0 Å². The van der Waals surface area contributed by atoms with Gasteiger partial charge in [-0.05, 0) is 30.6 Å². The van der Waals surface area contributed by atoms with Crippen LogP contribution >= 0.6 is 0 Å². The lowest BCUT2D eigenvalue weighted by Gasteiger charge is -2.39. The second-order valence-corrected chi connectivity index (χ2v) is 4.29. The molecule has 0 amide bonds. The molecule has 1 rings (SSSR count). The summed E-state index contributed by atoms with van der Waals surface area (Å²) < 4.78 is 0. The molecule has 3 atom stereocenters. The van der Waals surface area contributed by atoms with E-state index in [4.69, 9.17) is 5.11 Å². The van der Waals surface area contributed by atoms with Crippen LogP contribution in [0.25, 0.3) is 0 Å². The Bertz CT molecular complexity index is 175. The van der Waals surface area contributed by atoms with Gasteiger partial charge in [0.15, 0.2) is 0 Å². The molecule has 0 aromatic heterocycles. The molecule has 0 aromatic rings. The van der Waals surface area contributed by atoms with Crippen molar-refractivity contribution in [3.8, 4) is 0 Å². The highest BCUT2D eigenvalue weighted by Crippen LogP contribution is 2.42.